The minimum absolute atomic E-state index is 0.0215. The van der Waals surface area contributed by atoms with Crippen LogP contribution < -0.4 is 11.1 Å². The Bertz CT molecular complexity index is 631. The van der Waals surface area contributed by atoms with Crippen molar-refractivity contribution in [3.63, 3.8) is 0 Å². The summed E-state index contributed by atoms with van der Waals surface area (Å²) in [5.74, 6) is 1.07. The van der Waals surface area contributed by atoms with E-state index in [9.17, 15) is 4.79 Å². The van der Waals surface area contributed by atoms with Crippen LogP contribution in [0.15, 0.2) is 53.4 Å². The number of unbranched alkanes of at least 4 members (excludes halogenated alkanes) is 2. The number of amides is 1. The molecule has 0 unspecified atom stereocenters. The molecule has 23 heavy (non-hydrogen) atoms. The van der Waals surface area contributed by atoms with Gasteiger partial charge in [0.25, 0.3) is 0 Å². The van der Waals surface area contributed by atoms with Crippen molar-refractivity contribution in [2.75, 3.05) is 16.8 Å². The number of hydrogen-bond donors (Lipinski definition) is 2. The number of benzene rings is 2. The standard InChI is InChI=1S/C18H21ClN2OS/c19-14-9-11-15(12-10-14)23-13-5-1-2-8-18(22)21-17-7-4-3-6-16(17)20/h3-4,6-7,9-12H,1-2,5,8,13,20H2,(H,21,22). The van der Waals surface area contributed by atoms with Crippen molar-refractivity contribution in [1.29, 1.82) is 0 Å². The first-order valence-electron chi connectivity index (χ1n) is 7.68. The molecule has 5 heteroatoms. The highest BCUT2D eigenvalue weighted by molar-refractivity contribution is 7.99. The second kappa shape index (κ2) is 9.48. The van der Waals surface area contributed by atoms with E-state index in [0.717, 1.165) is 30.0 Å². The largest absolute Gasteiger partial charge is 0.397 e. The lowest BCUT2D eigenvalue weighted by molar-refractivity contribution is -0.116. The minimum atomic E-state index is 0.0215. The van der Waals surface area contributed by atoms with Gasteiger partial charge in [-0.25, -0.2) is 0 Å². The van der Waals surface area contributed by atoms with Gasteiger partial charge in [0.2, 0.25) is 5.91 Å². The van der Waals surface area contributed by atoms with Crippen LogP contribution >= 0.6 is 23.4 Å². The SMILES string of the molecule is Nc1ccccc1NC(=O)CCCCCSc1ccc(Cl)cc1. The van der Waals surface area contributed by atoms with Gasteiger partial charge >= 0.3 is 0 Å². The topological polar surface area (TPSA) is 55.1 Å². The van der Waals surface area contributed by atoms with Crippen LogP contribution in [0.1, 0.15) is 25.7 Å². The van der Waals surface area contributed by atoms with Gasteiger partial charge in [0, 0.05) is 16.3 Å². The Hall–Kier alpha value is -1.65. The first-order valence-corrected chi connectivity index (χ1v) is 9.04. The van der Waals surface area contributed by atoms with Crippen molar-refractivity contribution >= 4 is 40.6 Å². The summed E-state index contributed by atoms with van der Waals surface area (Å²) in [4.78, 5) is 13.1. The van der Waals surface area contributed by atoms with E-state index in [-0.39, 0.29) is 5.91 Å². The molecule has 0 aliphatic heterocycles. The predicted octanol–water partition coefficient (Wildman–Crippen LogP) is 5.21. The summed E-state index contributed by atoms with van der Waals surface area (Å²) >= 11 is 7.67. The van der Waals surface area contributed by atoms with Crippen molar-refractivity contribution in [2.45, 2.75) is 30.6 Å². The number of halogens is 1. The van der Waals surface area contributed by atoms with E-state index in [1.54, 1.807) is 6.07 Å². The molecular formula is C18H21ClN2OS. The highest BCUT2D eigenvalue weighted by atomic mass is 35.5. The summed E-state index contributed by atoms with van der Waals surface area (Å²) in [6, 6.07) is 15.2. The Kier molecular flexibility index (Phi) is 7.30. The fourth-order valence-electron chi connectivity index (χ4n) is 2.11. The molecule has 0 aliphatic carbocycles. The quantitative estimate of drug-likeness (QED) is 0.391. The number of para-hydroxylation sites is 2. The van der Waals surface area contributed by atoms with Gasteiger partial charge in [-0.2, -0.15) is 0 Å². The van der Waals surface area contributed by atoms with E-state index >= 15 is 0 Å². The van der Waals surface area contributed by atoms with Crippen LogP contribution in [0.4, 0.5) is 11.4 Å². The molecule has 0 bridgehead atoms. The number of nitrogens with one attached hydrogen (secondary N) is 1. The van der Waals surface area contributed by atoms with E-state index in [1.807, 2.05) is 54.2 Å². The molecule has 0 spiro atoms. The van der Waals surface area contributed by atoms with Crippen LogP contribution in [0.5, 0.6) is 0 Å². The third kappa shape index (κ3) is 6.55. The molecule has 0 aliphatic rings. The van der Waals surface area contributed by atoms with Gasteiger partial charge < -0.3 is 11.1 Å². The van der Waals surface area contributed by atoms with Crippen molar-refractivity contribution < 1.29 is 4.79 Å². The number of carbonyl (C=O) groups excluding carboxylic acids is 1. The molecule has 0 aromatic heterocycles. The molecule has 0 fully saturated rings. The monoisotopic (exact) mass is 348 g/mol. The van der Waals surface area contributed by atoms with Gasteiger partial charge in [0.15, 0.2) is 0 Å². The lowest BCUT2D eigenvalue weighted by atomic mass is 10.2. The molecule has 0 atom stereocenters. The van der Waals surface area contributed by atoms with Crippen LogP contribution in [-0.4, -0.2) is 11.7 Å². The Morgan fingerprint density at radius 1 is 1.04 bits per heavy atom. The second-order valence-corrected chi connectivity index (χ2v) is 6.85. The number of nitrogens with two attached hydrogens (primary N) is 1. The molecule has 0 saturated carbocycles. The molecule has 1 amide bonds. The summed E-state index contributed by atoms with van der Waals surface area (Å²) in [6.07, 6.45) is 3.55. The summed E-state index contributed by atoms with van der Waals surface area (Å²) < 4.78 is 0. The summed E-state index contributed by atoms with van der Waals surface area (Å²) in [5, 5.41) is 3.61. The molecule has 2 aromatic rings. The maximum Gasteiger partial charge on any atom is 0.224 e. The van der Waals surface area contributed by atoms with E-state index in [0.29, 0.717) is 17.8 Å². The number of anilines is 2. The highest BCUT2D eigenvalue weighted by Gasteiger charge is 2.04. The molecule has 0 saturated heterocycles. The Balaban J connectivity index is 1.57. The normalized spacial score (nSPS) is 10.5. The predicted molar refractivity (Wildman–Crippen MR) is 100 cm³/mol. The maximum atomic E-state index is 11.9. The van der Waals surface area contributed by atoms with E-state index in [4.69, 9.17) is 17.3 Å². The Labute approximate surface area is 146 Å². The summed E-state index contributed by atoms with van der Waals surface area (Å²) in [7, 11) is 0. The molecule has 3 nitrogen and oxygen atoms in total. The van der Waals surface area contributed by atoms with E-state index in [1.165, 1.54) is 4.90 Å². The van der Waals surface area contributed by atoms with E-state index in [2.05, 4.69) is 5.32 Å². The number of nitrogen functional groups attached to an aromatic ring is 1. The van der Waals surface area contributed by atoms with Gasteiger partial charge in [-0.05, 0) is 55.0 Å². The molecule has 2 aromatic carbocycles. The minimum Gasteiger partial charge on any atom is -0.397 e. The van der Waals surface area contributed by atoms with Crippen LogP contribution in [0.25, 0.3) is 0 Å². The molecule has 122 valence electrons. The highest BCUT2D eigenvalue weighted by Crippen LogP contribution is 2.22. The van der Waals surface area contributed by atoms with Gasteiger partial charge in [-0.1, -0.05) is 30.2 Å². The van der Waals surface area contributed by atoms with Gasteiger partial charge in [0.05, 0.1) is 11.4 Å². The lowest BCUT2D eigenvalue weighted by Crippen LogP contribution is -2.12. The molecule has 0 heterocycles. The smallest absolute Gasteiger partial charge is 0.224 e. The summed E-state index contributed by atoms with van der Waals surface area (Å²) in [5.41, 5.74) is 7.09. The van der Waals surface area contributed by atoms with Crippen molar-refractivity contribution in [2.24, 2.45) is 0 Å². The Morgan fingerprint density at radius 3 is 2.52 bits per heavy atom. The average Bonchev–Trinajstić information content (AvgIpc) is 2.54. The van der Waals surface area contributed by atoms with Gasteiger partial charge in [-0.15, -0.1) is 11.8 Å². The number of thioether (sulfide) groups is 1. The number of hydrogen-bond acceptors (Lipinski definition) is 3. The summed E-state index contributed by atoms with van der Waals surface area (Å²) in [6.45, 7) is 0. The van der Waals surface area contributed by atoms with Crippen LogP contribution in [0.2, 0.25) is 5.02 Å². The zero-order chi connectivity index (χ0) is 16.5. The number of rotatable bonds is 8. The zero-order valence-electron chi connectivity index (χ0n) is 12.9. The third-order valence-electron chi connectivity index (χ3n) is 3.37. The molecule has 3 N–H and O–H groups in total. The van der Waals surface area contributed by atoms with Gasteiger partial charge in [-0.3, -0.25) is 4.79 Å². The fraction of sp³-hybridized carbons (Fsp3) is 0.278. The molecule has 0 radical (unpaired) electrons. The van der Waals surface area contributed by atoms with Crippen molar-refractivity contribution in [3.8, 4) is 0 Å². The third-order valence-corrected chi connectivity index (χ3v) is 4.72. The molecular weight excluding hydrogens is 328 g/mol. The fourth-order valence-corrected chi connectivity index (χ4v) is 3.15. The first-order chi connectivity index (χ1) is 11.1. The van der Waals surface area contributed by atoms with Crippen LogP contribution in [0, 0.1) is 0 Å². The lowest BCUT2D eigenvalue weighted by Gasteiger charge is -2.07. The Morgan fingerprint density at radius 2 is 1.78 bits per heavy atom. The maximum absolute atomic E-state index is 11.9. The van der Waals surface area contributed by atoms with E-state index < -0.39 is 0 Å². The zero-order valence-corrected chi connectivity index (χ0v) is 14.5. The second-order valence-electron chi connectivity index (χ2n) is 5.25. The number of carbonyl (C=O) groups is 1. The van der Waals surface area contributed by atoms with Crippen LogP contribution in [0.3, 0.4) is 0 Å². The average molecular weight is 349 g/mol. The first kappa shape index (κ1) is 17.7. The van der Waals surface area contributed by atoms with Crippen molar-refractivity contribution in [3.05, 3.63) is 53.6 Å². The van der Waals surface area contributed by atoms with Gasteiger partial charge in [0.1, 0.15) is 0 Å². The van der Waals surface area contributed by atoms with Crippen LogP contribution in [-0.2, 0) is 4.79 Å². The molecule has 2 rings (SSSR count). The van der Waals surface area contributed by atoms with Crippen molar-refractivity contribution in [1.82, 2.24) is 0 Å².